The van der Waals surface area contributed by atoms with Crippen LogP contribution in [0.5, 0.6) is 5.88 Å². The van der Waals surface area contributed by atoms with Crippen LogP contribution in [0.1, 0.15) is 11.1 Å². The van der Waals surface area contributed by atoms with Gasteiger partial charge in [0.2, 0.25) is 11.8 Å². The second-order valence-electron chi connectivity index (χ2n) is 4.37. The Labute approximate surface area is 104 Å². The highest BCUT2D eigenvalue weighted by Gasteiger charge is 2.18. The van der Waals surface area contributed by atoms with Gasteiger partial charge in [-0.05, 0) is 17.5 Å². The summed E-state index contributed by atoms with van der Waals surface area (Å²) >= 11 is 0. The first kappa shape index (κ1) is 10.8. The van der Waals surface area contributed by atoms with Crippen LogP contribution in [0.4, 0.5) is 5.95 Å². The Morgan fingerprint density at radius 1 is 1.28 bits per heavy atom. The fraction of sp³-hybridized carbons (Fsp3) is 0.231. The van der Waals surface area contributed by atoms with Gasteiger partial charge in [-0.25, -0.2) is 0 Å². The predicted octanol–water partition coefficient (Wildman–Crippen LogP) is 1.04. The minimum Gasteiger partial charge on any atom is -0.493 e. The van der Waals surface area contributed by atoms with Gasteiger partial charge in [-0.2, -0.15) is 4.98 Å². The summed E-state index contributed by atoms with van der Waals surface area (Å²) in [5, 5.41) is 9.36. The molecule has 1 aromatic carbocycles. The molecule has 0 radical (unpaired) electrons. The lowest BCUT2D eigenvalue weighted by atomic mass is 10.0. The van der Waals surface area contributed by atoms with Crippen LogP contribution >= 0.6 is 0 Å². The number of aromatic nitrogens is 2. The molecule has 0 aliphatic carbocycles. The van der Waals surface area contributed by atoms with Gasteiger partial charge in [-0.3, -0.25) is 9.78 Å². The molecule has 0 saturated carbocycles. The Morgan fingerprint density at radius 3 is 2.83 bits per heavy atom. The summed E-state index contributed by atoms with van der Waals surface area (Å²) in [5.41, 5.74) is 2.22. The molecule has 92 valence electrons. The number of nitrogens with zero attached hydrogens (tertiary/aromatic N) is 2. The Hall–Kier alpha value is -2.30. The number of aromatic hydroxyl groups is 1. The standard InChI is InChI=1S/C13H13N3O2/c17-11-7-12(18)15-13(14-11)16-6-5-9-3-1-2-4-10(9)8-16/h1-4,7H,5-6,8H2,(H2,14,15,17,18). The van der Waals surface area contributed by atoms with Crippen molar-refractivity contribution in [1.29, 1.82) is 0 Å². The zero-order chi connectivity index (χ0) is 12.5. The Bertz CT molecular complexity index is 636. The Morgan fingerprint density at radius 2 is 2.06 bits per heavy atom. The quantitative estimate of drug-likeness (QED) is 0.785. The summed E-state index contributed by atoms with van der Waals surface area (Å²) in [7, 11) is 0. The van der Waals surface area contributed by atoms with E-state index in [-0.39, 0.29) is 11.4 Å². The Balaban J connectivity index is 1.94. The molecule has 3 rings (SSSR count). The van der Waals surface area contributed by atoms with Gasteiger partial charge in [-0.15, -0.1) is 0 Å². The van der Waals surface area contributed by atoms with Gasteiger partial charge >= 0.3 is 0 Å². The van der Waals surface area contributed by atoms with E-state index in [1.165, 1.54) is 11.1 Å². The Kier molecular flexibility index (Phi) is 2.51. The number of fused-ring (bicyclic) bond motifs is 1. The summed E-state index contributed by atoms with van der Waals surface area (Å²) in [6.07, 6.45) is 0.912. The fourth-order valence-electron chi connectivity index (χ4n) is 2.26. The molecule has 2 heterocycles. The first-order valence-electron chi connectivity index (χ1n) is 5.84. The van der Waals surface area contributed by atoms with Crippen molar-refractivity contribution >= 4 is 5.95 Å². The molecule has 0 saturated heterocycles. The average molecular weight is 243 g/mol. The van der Waals surface area contributed by atoms with Crippen LogP contribution < -0.4 is 10.5 Å². The molecule has 18 heavy (non-hydrogen) atoms. The van der Waals surface area contributed by atoms with Crippen LogP contribution in [0.3, 0.4) is 0 Å². The maximum Gasteiger partial charge on any atom is 0.256 e. The maximum absolute atomic E-state index is 11.3. The lowest BCUT2D eigenvalue weighted by Crippen LogP contribution is -2.32. The number of nitrogens with one attached hydrogen (secondary N) is 1. The summed E-state index contributed by atoms with van der Waals surface area (Å²) in [5.74, 6) is 0.183. The molecule has 1 aromatic heterocycles. The van der Waals surface area contributed by atoms with Crippen molar-refractivity contribution in [2.24, 2.45) is 0 Å². The highest BCUT2D eigenvalue weighted by Crippen LogP contribution is 2.21. The van der Waals surface area contributed by atoms with Crippen LogP contribution in [-0.4, -0.2) is 21.6 Å². The molecular formula is C13H13N3O2. The summed E-state index contributed by atoms with van der Waals surface area (Å²) in [6.45, 7) is 1.48. The minimum atomic E-state index is -0.337. The number of H-pyrrole nitrogens is 1. The third-order valence-electron chi connectivity index (χ3n) is 3.15. The molecule has 0 amide bonds. The van der Waals surface area contributed by atoms with E-state index in [0.29, 0.717) is 12.5 Å². The van der Waals surface area contributed by atoms with Crippen molar-refractivity contribution in [3.63, 3.8) is 0 Å². The van der Waals surface area contributed by atoms with Crippen molar-refractivity contribution in [2.45, 2.75) is 13.0 Å². The maximum atomic E-state index is 11.3. The van der Waals surface area contributed by atoms with Crippen LogP contribution in [-0.2, 0) is 13.0 Å². The van der Waals surface area contributed by atoms with Crippen molar-refractivity contribution in [3.8, 4) is 5.88 Å². The normalized spacial score (nSPS) is 14.3. The molecule has 5 heteroatoms. The average Bonchev–Trinajstić information content (AvgIpc) is 2.37. The lowest BCUT2D eigenvalue weighted by Gasteiger charge is -2.29. The van der Waals surface area contributed by atoms with E-state index in [2.05, 4.69) is 22.1 Å². The van der Waals surface area contributed by atoms with Gasteiger partial charge in [0.15, 0.2) is 0 Å². The predicted molar refractivity (Wildman–Crippen MR) is 67.7 cm³/mol. The summed E-state index contributed by atoms with van der Waals surface area (Å²) < 4.78 is 0. The number of hydrogen-bond acceptors (Lipinski definition) is 4. The molecule has 0 unspecified atom stereocenters. The number of hydrogen-bond donors (Lipinski definition) is 2. The van der Waals surface area contributed by atoms with E-state index in [1.807, 2.05) is 17.0 Å². The number of rotatable bonds is 1. The molecule has 0 spiro atoms. The molecule has 0 bridgehead atoms. The first-order valence-corrected chi connectivity index (χ1v) is 5.84. The fourth-order valence-corrected chi connectivity index (χ4v) is 2.26. The van der Waals surface area contributed by atoms with E-state index in [9.17, 15) is 9.90 Å². The largest absolute Gasteiger partial charge is 0.493 e. The lowest BCUT2D eigenvalue weighted by molar-refractivity contribution is 0.450. The van der Waals surface area contributed by atoms with Gasteiger partial charge in [0.25, 0.3) is 5.56 Å². The molecule has 2 N–H and O–H groups in total. The zero-order valence-electron chi connectivity index (χ0n) is 9.76. The van der Waals surface area contributed by atoms with Gasteiger partial charge in [0.1, 0.15) is 0 Å². The zero-order valence-corrected chi connectivity index (χ0v) is 9.76. The van der Waals surface area contributed by atoms with E-state index in [0.717, 1.165) is 19.0 Å². The molecule has 1 aliphatic heterocycles. The molecule has 2 aromatic rings. The smallest absolute Gasteiger partial charge is 0.256 e. The van der Waals surface area contributed by atoms with Crippen LogP contribution in [0, 0.1) is 0 Å². The molecule has 0 fully saturated rings. The van der Waals surface area contributed by atoms with Crippen LogP contribution in [0.2, 0.25) is 0 Å². The third kappa shape index (κ3) is 1.95. The van der Waals surface area contributed by atoms with E-state index in [4.69, 9.17) is 0 Å². The van der Waals surface area contributed by atoms with Crippen molar-refractivity contribution < 1.29 is 5.11 Å². The summed E-state index contributed by atoms with van der Waals surface area (Å²) in [4.78, 5) is 19.9. The molecule has 1 aliphatic rings. The van der Waals surface area contributed by atoms with Crippen molar-refractivity contribution in [3.05, 3.63) is 51.8 Å². The van der Waals surface area contributed by atoms with Crippen molar-refractivity contribution in [1.82, 2.24) is 9.97 Å². The van der Waals surface area contributed by atoms with Gasteiger partial charge < -0.3 is 10.0 Å². The van der Waals surface area contributed by atoms with Crippen molar-refractivity contribution in [2.75, 3.05) is 11.4 Å². The topological polar surface area (TPSA) is 69.2 Å². The highest BCUT2D eigenvalue weighted by molar-refractivity contribution is 5.40. The van der Waals surface area contributed by atoms with Crippen LogP contribution in [0.15, 0.2) is 35.1 Å². The van der Waals surface area contributed by atoms with E-state index in [1.54, 1.807) is 0 Å². The molecular weight excluding hydrogens is 230 g/mol. The van der Waals surface area contributed by atoms with E-state index < -0.39 is 0 Å². The van der Waals surface area contributed by atoms with Crippen LogP contribution in [0.25, 0.3) is 0 Å². The monoisotopic (exact) mass is 243 g/mol. The number of anilines is 1. The van der Waals surface area contributed by atoms with E-state index >= 15 is 0 Å². The minimum absolute atomic E-state index is 0.243. The van der Waals surface area contributed by atoms with Gasteiger partial charge in [0, 0.05) is 13.1 Å². The SMILES string of the molecule is O=c1cc(O)nc(N2CCc3ccccc3C2)[nH]1. The second-order valence-corrected chi connectivity index (χ2v) is 4.37. The second kappa shape index (κ2) is 4.18. The molecule has 5 nitrogen and oxygen atoms in total. The first-order chi connectivity index (χ1) is 8.72. The number of aromatic amines is 1. The van der Waals surface area contributed by atoms with Gasteiger partial charge in [-0.1, -0.05) is 24.3 Å². The molecule has 0 atom stereocenters. The highest BCUT2D eigenvalue weighted by atomic mass is 16.3. The number of benzene rings is 1. The summed E-state index contributed by atoms with van der Waals surface area (Å²) in [6, 6.07) is 9.29. The van der Waals surface area contributed by atoms with Gasteiger partial charge in [0.05, 0.1) is 6.07 Å². The third-order valence-corrected chi connectivity index (χ3v) is 3.15.